The molecule has 2 atom stereocenters. The quantitative estimate of drug-likeness (QED) is 0.752. The summed E-state index contributed by atoms with van der Waals surface area (Å²) < 4.78 is 35.8. The normalized spacial score (nSPS) is 16.8. The van der Waals surface area contributed by atoms with Crippen molar-refractivity contribution in [2.24, 2.45) is 11.7 Å². The van der Waals surface area contributed by atoms with Crippen LogP contribution in [0.5, 0.6) is 0 Å². The second kappa shape index (κ2) is 6.33. The Labute approximate surface area is 89.6 Å². The molecule has 0 aromatic rings. The van der Waals surface area contributed by atoms with Gasteiger partial charge in [-0.05, 0) is 13.0 Å². The Morgan fingerprint density at radius 3 is 2.27 bits per heavy atom. The number of rotatable bonds is 6. The van der Waals surface area contributed by atoms with Crippen LogP contribution in [0.25, 0.3) is 0 Å². The van der Waals surface area contributed by atoms with Gasteiger partial charge in [0.25, 0.3) is 0 Å². The summed E-state index contributed by atoms with van der Waals surface area (Å²) in [5, 5.41) is 0. The zero-order valence-electron chi connectivity index (χ0n) is 9.64. The van der Waals surface area contributed by atoms with E-state index in [1.54, 1.807) is 11.9 Å². The number of nitrogens with two attached hydrogens (primary N) is 1. The van der Waals surface area contributed by atoms with Gasteiger partial charge in [-0.25, -0.2) is 0 Å². The van der Waals surface area contributed by atoms with Crippen LogP contribution >= 0.6 is 0 Å². The summed E-state index contributed by atoms with van der Waals surface area (Å²) in [5.74, 6) is 0.346. The average Bonchev–Trinajstić information content (AvgIpc) is 2.12. The molecule has 2 N–H and O–H groups in total. The number of hydrogen-bond acceptors (Lipinski definition) is 2. The van der Waals surface area contributed by atoms with Crippen molar-refractivity contribution >= 4 is 0 Å². The van der Waals surface area contributed by atoms with Gasteiger partial charge < -0.3 is 10.6 Å². The molecule has 0 amide bonds. The SMILES string of the molecule is CCC(C)C(N)CN(C)CCC(F)(F)F. The van der Waals surface area contributed by atoms with Crippen molar-refractivity contribution < 1.29 is 13.2 Å². The second-order valence-electron chi connectivity index (χ2n) is 4.18. The van der Waals surface area contributed by atoms with Crippen molar-refractivity contribution in [3.05, 3.63) is 0 Å². The third-order valence-corrected chi connectivity index (χ3v) is 2.67. The van der Waals surface area contributed by atoms with Crippen molar-refractivity contribution in [1.82, 2.24) is 4.90 Å². The first-order chi connectivity index (χ1) is 6.76. The van der Waals surface area contributed by atoms with Crippen molar-refractivity contribution in [2.45, 2.75) is 38.9 Å². The van der Waals surface area contributed by atoms with Gasteiger partial charge in [-0.3, -0.25) is 0 Å². The van der Waals surface area contributed by atoms with Crippen LogP contribution in [0.4, 0.5) is 13.2 Å². The van der Waals surface area contributed by atoms with Gasteiger partial charge in [0.1, 0.15) is 0 Å². The van der Waals surface area contributed by atoms with Crippen LogP contribution in [0.15, 0.2) is 0 Å². The predicted octanol–water partition coefficient (Wildman–Crippen LogP) is 2.24. The lowest BCUT2D eigenvalue weighted by Crippen LogP contribution is -2.40. The standard InChI is InChI=1S/C10H21F3N2/c1-4-8(2)9(14)7-15(3)6-5-10(11,12)13/h8-9H,4-7,14H2,1-3H3. The fourth-order valence-electron chi connectivity index (χ4n) is 1.25. The molecule has 0 saturated carbocycles. The summed E-state index contributed by atoms with van der Waals surface area (Å²) in [6.45, 7) is 4.58. The molecule has 2 nitrogen and oxygen atoms in total. The Morgan fingerprint density at radius 2 is 1.87 bits per heavy atom. The molecule has 92 valence electrons. The lowest BCUT2D eigenvalue weighted by atomic mass is 10.00. The first-order valence-corrected chi connectivity index (χ1v) is 5.27. The van der Waals surface area contributed by atoms with Crippen molar-refractivity contribution in [3.8, 4) is 0 Å². The molecule has 0 aliphatic heterocycles. The van der Waals surface area contributed by atoms with Gasteiger partial charge in [0.15, 0.2) is 0 Å². The van der Waals surface area contributed by atoms with Gasteiger partial charge in [-0.2, -0.15) is 13.2 Å². The Kier molecular flexibility index (Phi) is 6.20. The Morgan fingerprint density at radius 1 is 1.33 bits per heavy atom. The minimum absolute atomic E-state index is 0.0215. The Balaban J connectivity index is 3.78. The fourth-order valence-corrected chi connectivity index (χ4v) is 1.25. The predicted molar refractivity (Wildman–Crippen MR) is 55.6 cm³/mol. The van der Waals surface area contributed by atoms with E-state index in [1.165, 1.54) is 0 Å². The summed E-state index contributed by atoms with van der Waals surface area (Å²) in [4.78, 5) is 1.64. The average molecular weight is 226 g/mol. The first-order valence-electron chi connectivity index (χ1n) is 5.27. The Hall–Kier alpha value is -0.290. The van der Waals surface area contributed by atoms with E-state index in [-0.39, 0.29) is 12.6 Å². The molecule has 0 aromatic carbocycles. The van der Waals surface area contributed by atoms with E-state index in [0.29, 0.717) is 12.5 Å². The van der Waals surface area contributed by atoms with Crippen molar-refractivity contribution in [1.29, 1.82) is 0 Å². The largest absolute Gasteiger partial charge is 0.390 e. The highest BCUT2D eigenvalue weighted by Gasteiger charge is 2.27. The Bertz CT molecular complexity index is 171. The van der Waals surface area contributed by atoms with Crippen LogP contribution in [0.3, 0.4) is 0 Å². The molecule has 0 aromatic heterocycles. The van der Waals surface area contributed by atoms with Gasteiger partial charge in [-0.15, -0.1) is 0 Å². The van der Waals surface area contributed by atoms with Crippen LogP contribution in [0, 0.1) is 5.92 Å². The number of nitrogens with zero attached hydrogens (tertiary/aromatic N) is 1. The summed E-state index contributed by atoms with van der Waals surface area (Å²) in [5.41, 5.74) is 5.85. The number of likely N-dealkylation sites (N-methyl/N-ethyl adjacent to an activating group) is 1. The summed E-state index contributed by atoms with van der Waals surface area (Å²) in [7, 11) is 1.67. The smallest absolute Gasteiger partial charge is 0.326 e. The first kappa shape index (κ1) is 14.7. The summed E-state index contributed by atoms with van der Waals surface area (Å²) in [6.07, 6.45) is -3.89. The number of hydrogen-bond donors (Lipinski definition) is 1. The molecule has 0 aliphatic rings. The minimum atomic E-state index is -4.07. The topological polar surface area (TPSA) is 29.3 Å². The molecule has 5 heteroatoms. The molecule has 0 fully saturated rings. The van der Waals surface area contributed by atoms with Crippen molar-refractivity contribution in [3.63, 3.8) is 0 Å². The van der Waals surface area contributed by atoms with E-state index in [9.17, 15) is 13.2 Å². The van der Waals surface area contributed by atoms with Gasteiger partial charge in [0.05, 0.1) is 6.42 Å². The molecule has 0 heterocycles. The van der Waals surface area contributed by atoms with E-state index < -0.39 is 12.6 Å². The van der Waals surface area contributed by atoms with Crippen LogP contribution in [0.1, 0.15) is 26.7 Å². The highest BCUT2D eigenvalue weighted by Crippen LogP contribution is 2.19. The van der Waals surface area contributed by atoms with E-state index in [2.05, 4.69) is 0 Å². The fraction of sp³-hybridized carbons (Fsp3) is 1.00. The molecule has 0 bridgehead atoms. The molecule has 0 saturated heterocycles. The number of alkyl halides is 3. The number of halogens is 3. The van der Waals surface area contributed by atoms with E-state index in [1.807, 2.05) is 13.8 Å². The van der Waals surface area contributed by atoms with Crippen LogP contribution in [0.2, 0.25) is 0 Å². The molecule has 0 rings (SSSR count). The molecule has 0 aliphatic carbocycles. The van der Waals surface area contributed by atoms with Gasteiger partial charge in [0.2, 0.25) is 0 Å². The third-order valence-electron chi connectivity index (χ3n) is 2.67. The lowest BCUT2D eigenvalue weighted by Gasteiger charge is -2.25. The highest BCUT2D eigenvalue weighted by atomic mass is 19.4. The van der Waals surface area contributed by atoms with Gasteiger partial charge in [0, 0.05) is 19.1 Å². The van der Waals surface area contributed by atoms with Crippen molar-refractivity contribution in [2.75, 3.05) is 20.1 Å². The third kappa shape index (κ3) is 7.62. The van der Waals surface area contributed by atoms with Crippen LogP contribution in [-0.2, 0) is 0 Å². The van der Waals surface area contributed by atoms with Crippen LogP contribution in [-0.4, -0.2) is 37.3 Å². The van der Waals surface area contributed by atoms with E-state index in [4.69, 9.17) is 5.73 Å². The summed E-state index contributed by atoms with van der Waals surface area (Å²) in [6, 6.07) is -0.0479. The maximum atomic E-state index is 11.9. The molecule has 15 heavy (non-hydrogen) atoms. The zero-order chi connectivity index (χ0) is 12.1. The maximum absolute atomic E-state index is 11.9. The molecule has 0 radical (unpaired) electrons. The molecular formula is C10H21F3N2. The van der Waals surface area contributed by atoms with Gasteiger partial charge >= 0.3 is 6.18 Å². The molecule has 0 spiro atoms. The zero-order valence-corrected chi connectivity index (χ0v) is 9.64. The second-order valence-corrected chi connectivity index (χ2v) is 4.18. The molecule has 2 unspecified atom stereocenters. The molecular weight excluding hydrogens is 205 g/mol. The van der Waals surface area contributed by atoms with Crippen LogP contribution < -0.4 is 5.73 Å². The van der Waals surface area contributed by atoms with E-state index in [0.717, 1.165) is 6.42 Å². The van der Waals surface area contributed by atoms with Gasteiger partial charge in [-0.1, -0.05) is 20.3 Å². The monoisotopic (exact) mass is 226 g/mol. The van der Waals surface area contributed by atoms with E-state index >= 15 is 0 Å². The highest BCUT2D eigenvalue weighted by molar-refractivity contribution is 4.72. The summed E-state index contributed by atoms with van der Waals surface area (Å²) >= 11 is 0. The lowest BCUT2D eigenvalue weighted by molar-refractivity contribution is -0.137. The minimum Gasteiger partial charge on any atom is -0.326 e. The maximum Gasteiger partial charge on any atom is 0.390 e.